The normalized spacial score (nSPS) is 11.2. The summed E-state index contributed by atoms with van der Waals surface area (Å²) in [7, 11) is 0. The van der Waals surface area contributed by atoms with Gasteiger partial charge in [-0.15, -0.1) is 0 Å². The van der Waals surface area contributed by atoms with Crippen LogP contribution in [0.4, 0.5) is 0 Å². The third-order valence-electron chi connectivity index (χ3n) is 2.43. The van der Waals surface area contributed by atoms with Crippen molar-refractivity contribution >= 4 is 38.6 Å². The maximum atomic E-state index is 11.9. The van der Waals surface area contributed by atoms with E-state index in [1.807, 2.05) is 0 Å². The zero-order valence-corrected chi connectivity index (χ0v) is 10.7. The molecular weight excluding hydrogens is 307 g/mol. The number of benzene rings is 1. The van der Waals surface area contributed by atoms with Crippen molar-refractivity contribution in [2.45, 2.75) is 0 Å². The zero-order chi connectivity index (χ0) is 12.0. The molecule has 3 rings (SSSR count). The summed E-state index contributed by atoms with van der Waals surface area (Å²) in [5.74, 6) is 0.418. The van der Waals surface area contributed by atoms with Gasteiger partial charge in [0.25, 0.3) is 0 Å². The highest BCUT2D eigenvalue weighted by molar-refractivity contribution is 9.10. The number of para-hydroxylation sites is 1. The smallest absolute Gasteiger partial charge is 0.333 e. The van der Waals surface area contributed by atoms with Crippen molar-refractivity contribution in [2.24, 2.45) is 0 Å². The van der Waals surface area contributed by atoms with E-state index in [2.05, 4.69) is 20.9 Å². The van der Waals surface area contributed by atoms with Crippen LogP contribution < -0.4 is 5.69 Å². The number of rotatable bonds is 1. The van der Waals surface area contributed by atoms with Crippen molar-refractivity contribution in [1.82, 2.24) is 9.55 Å². The standard InChI is InChI=1S/C11H6BrClN2O2/c12-8-4-5-9(17-8)15-10-6(13)2-1-3-7(10)14-11(15)16/h1-5H,(H,14,16). The average Bonchev–Trinajstić information content (AvgIpc) is 2.82. The van der Waals surface area contributed by atoms with Crippen LogP contribution in [0.25, 0.3) is 16.9 Å². The number of fused-ring (bicyclic) bond motifs is 1. The molecule has 2 aromatic heterocycles. The largest absolute Gasteiger partial charge is 0.433 e. The van der Waals surface area contributed by atoms with Crippen molar-refractivity contribution in [1.29, 1.82) is 0 Å². The van der Waals surface area contributed by atoms with Crippen LogP contribution in [0.2, 0.25) is 5.02 Å². The number of aromatic amines is 1. The van der Waals surface area contributed by atoms with Crippen molar-refractivity contribution in [3.63, 3.8) is 0 Å². The van der Waals surface area contributed by atoms with Crippen LogP contribution in [0, 0.1) is 0 Å². The van der Waals surface area contributed by atoms with E-state index in [1.165, 1.54) is 4.57 Å². The Labute approximate surface area is 109 Å². The summed E-state index contributed by atoms with van der Waals surface area (Å²) in [5, 5.41) is 0.494. The van der Waals surface area contributed by atoms with Crippen LogP contribution in [0.5, 0.6) is 0 Å². The number of hydrogen-bond acceptors (Lipinski definition) is 2. The van der Waals surface area contributed by atoms with Crippen molar-refractivity contribution in [3.8, 4) is 5.88 Å². The van der Waals surface area contributed by atoms with Crippen LogP contribution in [0.1, 0.15) is 0 Å². The highest BCUT2D eigenvalue weighted by Gasteiger charge is 2.13. The Hall–Kier alpha value is -1.46. The molecule has 0 bridgehead atoms. The number of H-pyrrole nitrogens is 1. The second-order valence-electron chi connectivity index (χ2n) is 3.48. The first kappa shape index (κ1) is 10.7. The number of hydrogen-bond donors (Lipinski definition) is 1. The summed E-state index contributed by atoms with van der Waals surface area (Å²) < 4.78 is 7.33. The second kappa shape index (κ2) is 3.78. The Kier molecular flexibility index (Phi) is 2.38. The predicted molar refractivity (Wildman–Crippen MR) is 68.9 cm³/mol. The fraction of sp³-hybridized carbons (Fsp3) is 0. The molecule has 86 valence electrons. The van der Waals surface area contributed by atoms with Gasteiger partial charge in [0.2, 0.25) is 5.88 Å². The van der Waals surface area contributed by atoms with Crippen molar-refractivity contribution in [3.05, 3.63) is 50.5 Å². The lowest BCUT2D eigenvalue weighted by molar-refractivity contribution is 0.515. The number of halogens is 2. The van der Waals surface area contributed by atoms with Crippen LogP contribution in [-0.2, 0) is 0 Å². The van der Waals surface area contributed by atoms with Gasteiger partial charge in [-0.25, -0.2) is 9.36 Å². The maximum absolute atomic E-state index is 11.9. The maximum Gasteiger partial charge on any atom is 0.333 e. The Bertz CT molecular complexity index is 756. The van der Waals surface area contributed by atoms with Gasteiger partial charge in [-0.05, 0) is 34.1 Å². The van der Waals surface area contributed by atoms with Crippen LogP contribution >= 0.6 is 27.5 Å². The van der Waals surface area contributed by atoms with E-state index in [-0.39, 0.29) is 5.69 Å². The predicted octanol–water partition coefficient (Wildman–Crippen LogP) is 3.33. The Balaban J connectivity index is 2.43. The lowest BCUT2D eigenvalue weighted by atomic mass is 10.3. The quantitative estimate of drug-likeness (QED) is 0.749. The van der Waals surface area contributed by atoms with Gasteiger partial charge in [0.05, 0.1) is 16.1 Å². The van der Waals surface area contributed by atoms with Crippen LogP contribution in [-0.4, -0.2) is 9.55 Å². The minimum absolute atomic E-state index is 0.282. The monoisotopic (exact) mass is 312 g/mol. The molecule has 0 saturated carbocycles. The molecule has 2 heterocycles. The Morgan fingerprint density at radius 2 is 2.12 bits per heavy atom. The number of nitrogens with one attached hydrogen (secondary N) is 1. The fourth-order valence-corrected chi connectivity index (χ4v) is 2.31. The molecule has 4 nitrogen and oxygen atoms in total. The van der Waals surface area contributed by atoms with E-state index in [0.717, 1.165) is 0 Å². The molecule has 6 heteroatoms. The first-order valence-electron chi connectivity index (χ1n) is 4.82. The first-order chi connectivity index (χ1) is 8.16. The molecule has 1 N–H and O–H groups in total. The lowest BCUT2D eigenvalue weighted by Gasteiger charge is -1.99. The number of aromatic nitrogens is 2. The summed E-state index contributed by atoms with van der Waals surface area (Å²) in [4.78, 5) is 14.6. The lowest BCUT2D eigenvalue weighted by Crippen LogP contribution is -2.13. The third kappa shape index (κ3) is 1.62. The van der Waals surface area contributed by atoms with Gasteiger partial charge in [-0.1, -0.05) is 17.7 Å². The molecule has 0 aliphatic heterocycles. The molecule has 0 aliphatic carbocycles. The molecule has 0 radical (unpaired) electrons. The highest BCUT2D eigenvalue weighted by atomic mass is 79.9. The van der Waals surface area contributed by atoms with Gasteiger partial charge in [0.15, 0.2) is 4.67 Å². The van der Waals surface area contributed by atoms with Crippen molar-refractivity contribution < 1.29 is 4.42 Å². The van der Waals surface area contributed by atoms with Crippen molar-refractivity contribution in [2.75, 3.05) is 0 Å². The first-order valence-corrected chi connectivity index (χ1v) is 5.99. The highest BCUT2D eigenvalue weighted by Crippen LogP contribution is 2.25. The summed E-state index contributed by atoms with van der Waals surface area (Å²) in [6.45, 7) is 0. The average molecular weight is 314 g/mol. The molecule has 0 spiro atoms. The topological polar surface area (TPSA) is 50.9 Å². The van der Waals surface area contributed by atoms with E-state index < -0.39 is 0 Å². The van der Waals surface area contributed by atoms with Gasteiger partial charge in [-0.3, -0.25) is 0 Å². The minimum Gasteiger partial charge on any atom is -0.433 e. The zero-order valence-electron chi connectivity index (χ0n) is 8.41. The molecular formula is C11H6BrClN2O2. The van der Waals surface area contributed by atoms with Crippen LogP contribution in [0.15, 0.2) is 44.2 Å². The van der Waals surface area contributed by atoms with Gasteiger partial charge in [-0.2, -0.15) is 0 Å². The minimum atomic E-state index is -0.282. The summed E-state index contributed by atoms with van der Waals surface area (Å²) in [6, 6.07) is 8.71. The van der Waals surface area contributed by atoms with Gasteiger partial charge < -0.3 is 9.40 Å². The molecule has 0 aliphatic rings. The Morgan fingerprint density at radius 3 is 2.82 bits per heavy atom. The Morgan fingerprint density at radius 1 is 1.29 bits per heavy atom. The van der Waals surface area contributed by atoms with E-state index in [1.54, 1.807) is 30.3 Å². The molecule has 0 fully saturated rings. The van der Waals surface area contributed by atoms with E-state index >= 15 is 0 Å². The number of furan rings is 1. The fourth-order valence-electron chi connectivity index (χ4n) is 1.75. The number of imidazole rings is 1. The molecule has 0 amide bonds. The summed E-state index contributed by atoms with van der Waals surface area (Å²) >= 11 is 9.30. The molecule has 1 aromatic carbocycles. The van der Waals surface area contributed by atoms with Crippen LogP contribution in [0.3, 0.4) is 0 Å². The number of nitrogens with zero attached hydrogens (tertiary/aromatic N) is 1. The SMILES string of the molecule is O=c1[nH]c2cccc(Cl)c2n1-c1ccc(Br)o1. The molecule has 3 aromatic rings. The van der Waals surface area contributed by atoms with Gasteiger partial charge >= 0.3 is 5.69 Å². The molecule has 17 heavy (non-hydrogen) atoms. The molecule has 0 saturated heterocycles. The molecule has 0 atom stereocenters. The third-order valence-corrected chi connectivity index (χ3v) is 3.17. The van der Waals surface area contributed by atoms with E-state index in [4.69, 9.17) is 16.0 Å². The summed E-state index contributed by atoms with van der Waals surface area (Å²) in [5.41, 5.74) is 1.01. The van der Waals surface area contributed by atoms with Gasteiger partial charge in [0, 0.05) is 6.07 Å². The van der Waals surface area contributed by atoms with E-state index in [0.29, 0.717) is 26.6 Å². The molecule has 0 unspecified atom stereocenters. The van der Waals surface area contributed by atoms with E-state index in [9.17, 15) is 4.79 Å². The van der Waals surface area contributed by atoms with Gasteiger partial charge in [0.1, 0.15) is 0 Å². The summed E-state index contributed by atoms with van der Waals surface area (Å²) in [6.07, 6.45) is 0. The second-order valence-corrected chi connectivity index (χ2v) is 4.67.